The second-order valence-corrected chi connectivity index (χ2v) is 9.11. The van der Waals surface area contributed by atoms with E-state index in [0.717, 1.165) is 17.7 Å². The van der Waals surface area contributed by atoms with Crippen LogP contribution in [0.4, 0.5) is 11.4 Å². The summed E-state index contributed by atoms with van der Waals surface area (Å²) in [7, 11) is 1.30. The number of carbonyl (C=O) groups is 2. The molecule has 200 valence electrons. The van der Waals surface area contributed by atoms with Crippen molar-refractivity contribution in [3.63, 3.8) is 0 Å². The van der Waals surface area contributed by atoms with E-state index in [0.29, 0.717) is 22.8 Å². The first-order chi connectivity index (χ1) is 19.0. The number of anilines is 2. The van der Waals surface area contributed by atoms with Gasteiger partial charge in [-0.1, -0.05) is 42.5 Å². The lowest BCUT2D eigenvalue weighted by Gasteiger charge is -2.34. The Hall–Kier alpha value is -4.83. The van der Waals surface area contributed by atoms with Crippen LogP contribution in [0.15, 0.2) is 95.9 Å². The molecule has 2 aromatic carbocycles. The molecule has 0 fully saturated rings. The Morgan fingerprint density at radius 3 is 2.51 bits per heavy atom. The highest BCUT2D eigenvalue weighted by Gasteiger charge is 2.43. The van der Waals surface area contributed by atoms with E-state index in [4.69, 9.17) is 14.4 Å². The van der Waals surface area contributed by atoms with Crippen LogP contribution in [-0.4, -0.2) is 41.2 Å². The van der Waals surface area contributed by atoms with Gasteiger partial charge in [-0.3, -0.25) is 0 Å². The molecule has 10 heteroatoms. The average Bonchev–Trinajstić information content (AvgIpc) is 3.61. The number of allylic oxidation sites excluding steroid dienone is 2. The number of benzene rings is 2. The molecule has 0 saturated heterocycles. The normalized spacial score (nSPS) is 16.7. The molecule has 0 radical (unpaired) electrons. The molecule has 1 aromatic heterocycles. The van der Waals surface area contributed by atoms with Crippen molar-refractivity contribution in [2.24, 2.45) is 0 Å². The number of methoxy groups -OCH3 is 1. The van der Waals surface area contributed by atoms with Crippen molar-refractivity contribution in [3.8, 4) is 0 Å². The standard InChI is InChI=1S/C29H29N5O5/c1-19-25(28(35)37-3)27(34-24-9-5-4-8-23(24)32-39-34)26(20(2)31-19)29(36)38-16-6-7-21-10-12-22(13-11-21)17-33-15-14-30-18-33/h4-15,18,27,31-32H,16-17H2,1-3H3. The van der Waals surface area contributed by atoms with Crippen molar-refractivity contribution < 1.29 is 24.0 Å². The summed E-state index contributed by atoms with van der Waals surface area (Å²) in [5.41, 5.74) is 7.97. The van der Waals surface area contributed by atoms with Gasteiger partial charge in [0.15, 0.2) is 0 Å². The quantitative estimate of drug-likeness (QED) is 0.421. The monoisotopic (exact) mass is 527 g/mol. The van der Waals surface area contributed by atoms with Crippen LogP contribution in [0, 0.1) is 0 Å². The smallest absolute Gasteiger partial charge is 0.338 e. The van der Waals surface area contributed by atoms with E-state index in [2.05, 4.69) is 15.8 Å². The summed E-state index contributed by atoms with van der Waals surface area (Å²) < 4.78 is 12.7. The second-order valence-electron chi connectivity index (χ2n) is 9.11. The van der Waals surface area contributed by atoms with Gasteiger partial charge < -0.3 is 19.4 Å². The van der Waals surface area contributed by atoms with E-state index in [1.807, 2.05) is 65.4 Å². The minimum absolute atomic E-state index is 0.0467. The Bertz CT molecular complexity index is 1460. The highest BCUT2D eigenvalue weighted by molar-refractivity contribution is 6.00. The molecule has 1 atom stereocenters. The number of aromatic nitrogens is 2. The first-order valence-electron chi connectivity index (χ1n) is 12.4. The predicted molar refractivity (Wildman–Crippen MR) is 146 cm³/mol. The number of nitrogens with one attached hydrogen (secondary N) is 2. The number of hydrogen-bond acceptors (Lipinski definition) is 9. The Labute approximate surface area is 226 Å². The Kier molecular flexibility index (Phi) is 7.46. The Balaban J connectivity index is 1.31. The molecular formula is C29H29N5O5. The molecule has 0 amide bonds. The van der Waals surface area contributed by atoms with Crippen molar-refractivity contribution in [1.29, 1.82) is 0 Å². The lowest BCUT2D eigenvalue weighted by atomic mass is 9.91. The van der Waals surface area contributed by atoms with Crippen LogP contribution in [0.2, 0.25) is 0 Å². The third-order valence-electron chi connectivity index (χ3n) is 6.51. The number of hydroxylamine groups is 1. The second kappa shape index (κ2) is 11.3. The first-order valence-corrected chi connectivity index (χ1v) is 12.4. The van der Waals surface area contributed by atoms with Gasteiger partial charge in [0.25, 0.3) is 0 Å². The number of imidazole rings is 1. The van der Waals surface area contributed by atoms with E-state index in [1.165, 1.54) is 12.2 Å². The van der Waals surface area contributed by atoms with Crippen LogP contribution in [-0.2, 0) is 30.5 Å². The molecule has 0 spiro atoms. The van der Waals surface area contributed by atoms with Crippen LogP contribution < -0.4 is 15.9 Å². The highest BCUT2D eigenvalue weighted by atomic mass is 16.8. The van der Waals surface area contributed by atoms with Crippen molar-refractivity contribution in [2.45, 2.75) is 26.4 Å². The average molecular weight is 528 g/mol. The fourth-order valence-electron chi connectivity index (χ4n) is 4.65. The zero-order chi connectivity index (χ0) is 27.4. The van der Waals surface area contributed by atoms with Crippen LogP contribution in [0.1, 0.15) is 25.0 Å². The molecule has 2 aliphatic heterocycles. The SMILES string of the molecule is COC(=O)C1=C(C)NC(C)=C(C(=O)OCC=Cc2ccc(Cn3ccnc3)cc2)C1N1ONc2ccccc21. The third-order valence-corrected chi connectivity index (χ3v) is 6.51. The molecule has 0 aliphatic carbocycles. The summed E-state index contributed by atoms with van der Waals surface area (Å²) in [4.78, 5) is 36.1. The molecule has 1 unspecified atom stereocenters. The summed E-state index contributed by atoms with van der Waals surface area (Å²) in [6, 6.07) is 14.6. The number of para-hydroxylation sites is 2. The third kappa shape index (κ3) is 5.41. The predicted octanol–water partition coefficient (Wildman–Crippen LogP) is 3.96. The molecule has 3 aromatic rings. The van der Waals surface area contributed by atoms with Gasteiger partial charge in [-0.2, -0.15) is 4.94 Å². The van der Waals surface area contributed by atoms with E-state index in [1.54, 1.807) is 32.4 Å². The van der Waals surface area contributed by atoms with Gasteiger partial charge in [-0.15, -0.1) is 0 Å². The van der Waals surface area contributed by atoms with Gasteiger partial charge in [-0.25, -0.2) is 25.1 Å². The number of dihydropyridines is 1. The zero-order valence-corrected chi connectivity index (χ0v) is 21.9. The molecule has 10 nitrogen and oxygen atoms in total. The van der Waals surface area contributed by atoms with E-state index in [9.17, 15) is 9.59 Å². The summed E-state index contributed by atoms with van der Waals surface area (Å²) in [6.45, 7) is 4.31. The molecule has 2 N–H and O–H groups in total. The summed E-state index contributed by atoms with van der Waals surface area (Å²) >= 11 is 0. The van der Waals surface area contributed by atoms with E-state index >= 15 is 0 Å². The largest absolute Gasteiger partial charge is 0.466 e. The number of esters is 2. The molecule has 5 rings (SSSR count). The topological polar surface area (TPSA) is 107 Å². The van der Waals surface area contributed by atoms with Crippen molar-refractivity contribution in [2.75, 3.05) is 24.3 Å². The molecule has 39 heavy (non-hydrogen) atoms. The number of rotatable bonds is 8. The number of ether oxygens (including phenoxy) is 2. The molecule has 0 bridgehead atoms. The van der Waals surface area contributed by atoms with Crippen molar-refractivity contribution in [1.82, 2.24) is 14.9 Å². The maximum Gasteiger partial charge on any atom is 0.338 e. The Morgan fingerprint density at radius 2 is 1.79 bits per heavy atom. The van der Waals surface area contributed by atoms with Crippen molar-refractivity contribution in [3.05, 3.63) is 107 Å². The number of hydrogen-bond donors (Lipinski definition) is 2. The highest BCUT2D eigenvalue weighted by Crippen LogP contribution is 2.39. The summed E-state index contributed by atoms with van der Waals surface area (Å²) in [5, 5.41) is 4.61. The lowest BCUT2D eigenvalue weighted by Crippen LogP contribution is -2.46. The van der Waals surface area contributed by atoms with Crippen LogP contribution in [0.5, 0.6) is 0 Å². The number of nitrogens with zero attached hydrogens (tertiary/aromatic N) is 3. The summed E-state index contributed by atoms with van der Waals surface area (Å²) in [5.74, 6) is -1.15. The van der Waals surface area contributed by atoms with Gasteiger partial charge in [-0.05, 0) is 43.2 Å². The molecule has 2 aliphatic rings. The maximum absolute atomic E-state index is 13.4. The van der Waals surface area contributed by atoms with E-state index in [-0.39, 0.29) is 17.8 Å². The molecular weight excluding hydrogens is 498 g/mol. The number of fused-ring (bicyclic) bond motifs is 1. The molecule has 3 heterocycles. The van der Waals surface area contributed by atoms with Gasteiger partial charge in [0.1, 0.15) is 12.6 Å². The summed E-state index contributed by atoms with van der Waals surface area (Å²) in [6.07, 6.45) is 9.11. The minimum Gasteiger partial charge on any atom is -0.466 e. The van der Waals surface area contributed by atoms with Crippen LogP contribution in [0.25, 0.3) is 6.08 Å². The zero-order valence-electron chi connectivity index (χ0n) is 21.9. The minimum atomic E-state index is -0.894. The maximum atomic E-state index is 13.4. The number of carbonyl (C=O) groups excluding carboxylic acids is 2. The van der Waals surface area contributed by atoms with Gasteiger partial charge in [0, 0.05) is 30.3 Å². The van der Waals surface area contributed by atoms with E-state index < -0.39 is 18.0 Å². The first kappa shape index (κ1) is 25.8. The van der Waals surface area contributed by atoms with Gasteiger partial charge in [0.05, 0.1) is 36.0 Å². The Morgan fingerprint density at radius 1 is 1.05 bits per heavy atom. The fourth-order valence-corrected chi connectivity index (χ4v) is 4.65. The van der Waals surface area contributed by atoms with Gasteiger partial charge in [0.2, 0.25) is 0 Å². The van der Waals surface area contributed by atoms with Crippen molar-refractivity contribution >= 4 is 29.4 Å². The fraction of sp³-hybridized carbons (Fsp3) is 0.207. The van der Waals surface area contributed by atoms with Crippen LogP contribution in [0.3, 0.4) is 0 Å². The lowest BCUT2D eigenvalue weighted by molar-refractivity contribution is -0.138. The molecule has 0 saturated carbocycles. The van der Waals surface area contributed by atoms with Crippen LogP contribution >= 0.6 is 0 Å². The van der Waals surface area contributed by atoms with Gasteiger partial charge >= 0.3 is 11.9 Å².